The number of halogens is 2. The molecule has 0 fully saturated rings. The Kier molecular flexibility index (Phi) is 4.54. The van der Waals surface area contributed by atoms with E-state index in [-0.39, 0.29) is 27.8 Å². The summed E-state index contributed by atoms with van der Waals surface area (Å²) in [5.74, 6) is -0.463. The monoisotopic (exact) mass is 311 g/mol. The average Bonchev–Trinajstić information content (AvgIpc) is 2.51. The minimum Gasteiger partial charge on any atom is -0.481 e. The zero-order valence-corrected chi connectivity index (χ0v) is 11.9. The van der Waals surface area contributed by atoms with E-state index >= 15 is 0 Å². The van der Waals surface area contributed by atoms with E-state index < -0.39 is 11.9 Å². The fraction of sp³-hybridized carbons (Fsp3) is 0.154. The van der Waals surface area contributed by atoms with Crippen LogP contribution in [-0.4, -0.2) is 30.3 Å². The lowest BCUT2D eigenvalue weighted by Crippen LogP contribution is -2.12. The number of carbonyl (C=O) groups is 1. The van der Waals surface area contributed by atoms with E-state index in [2.05, 4.69) is 20.0 Å². The highest BCUT2D eigenvalue weighted by atomic mass is 35.5. The number of aromatic nitrogens is 2. The van der Waals surface area contributed by atoms with E-state index in [1.807, 2.05) is 0 Å². The van der Waals surface area contributed by atoms with E-state index in [1.54, 1.807) is 0 Å². The van der Waals surface area contributed by atoms with Gasteiger partial charge in [0.05, 0.1) is 36.2 Å². The molecule has 2 aromatic rings. The van der Waals surface area contributed by atoms with Crippen LogP contribution in [0.2, 0.25) is 5.02 Å². The highest BCUT2D eigenvalue weighted by Gasteiger charge is 2.18. The molecule has 2 rings (SSSR count). The molecule has 0 aliphatic rings. The number of benzene rings is 1. The third-order valence-corrected chi connectivity index (χ3v) is 2.92. The molecule has 0 unspecified atom stereocenters. The molecule has 0 spiro atoms. The van der Waals surface area contributed by atoms with Gasteiger partial charge in [-0.2, -0.15) is 0 Å². The van der Waals surface area contributed by atoms with E-state index in [1.165, 1.54) is 38.7 Å². The first-order valence-electron chi connectivity index (χ1n) is 5.76. The van der Waals surface area contributed by atoms with Gasteiger partial charge in [0.25, 0.3) is 0 Å². The second-order valence-electron chi connectivity index (χ2n) is 3.85. The maximum atomic E-state index is 14.3. The molecule has 0 aliphatic carbocycles. The van der Waals surface area contributed by atoms with Crippen molar-refractivity contribution in [3.8, 4) is 17.1 Å². The molecule has 1 aromatic carbocycles. The van der Waals surface area contributed by atoms with Crippen molar-refractivity contribution in [2.24, 2.45) is 0 Å². The first-order valence-corrected chi connectivity index (χ1v) is 6.14. The lowest BCUT2D eigenvalue weighted by molar-refractivity contribution is 0.187. The minimum absolute atomic E-state index is 0.0219. The molecule has 1 N–H and O–H groups in total. The van der Waals surface area contributed by atoms with E-state index in [9.17, 15) is 9.18 Å². The lowest BCUT2D eigenvalue weighted by atomic mass is 10.1. The van der Waals surface area contributed by atoms with Crippen molar-refractivity contribution >= 4 is 23.4 Å². The van der Waals surface area contributed by atoms with Crippen LogP contribution in [-0.2, 0) is 4.74 Å². The summed E-state index contributed by atoms with van der Waals surface area (Å²) >= 11 is 5.79. The predicted octanol–water partition coefficient (Wildman–Crippen LogP) is 3.12. The zero-order chi connectivity index (χ0) is 15.4. The number of anilines is 1. The molecule has 6 nitrogen and oxygen atoms in total. The van der Waals surface area contributed by atoms with Crippen molar-refractivity contribution in [2.75, 3.05) is 19.5 Å². The van der Waals surface area contributed by atoms with Gasteiger partial charge in [-0.15, -0.1) is 0 Å². The number of amides is 1. The average molecular weight is 312 g/mol. The number of nitrogens with one attached hydrogen (secondary N) is 1. The molecule has 0 atom stereocenters. The summed E-state index contributed by atoms with van der Waals surface area (Å²) in [7, 11) is 2.63. The molecule has 0 aliphatic heterocycles. The van der Waals surface area contributed by atoms with Gasteiger partial charge in [0.15, 0.2) is 5.82 Å². The summed E-state index contributed by atoms with van der Waals surface area (Å²) in [5, 5.41) is 2.30. The SMILES string of the molecule is COC(=O)Nc1ccc(Cl)c(F)c1-c1cc(OC)ncn1. The van der Waals surface area contributed by atoms with Crippen LogP contribution >= 0.6 is 11.6 Å². The Labute approximate surface area is 124 Å². The Bertz CT molecular complexity index is 682. The van der Waals surface area contributed by atoms with Crippen LogP contribution in [0, 0.1) is 5.82 Å². The Balaban J connectivity index is 2.58. The largest absolute Gasteiger partial charge is 0.481 e. The maximum Gasteiger partial charge on any atom is 0.411 e. The summed E-state index contributed by atoms with van der Waals surface area (Å²) in [4.78, 5) is 19.2. The minimum atomic E-state index is -0.737. The molecule has 8 heteroatoms. The Morgan fingerprint density at radius 2 is 2.10 bits per heavy atom. The van der Waals surface area contributed by atoms with Crippen LogP contribution in [0.1, 0.15) is 0 Å². The summed E-state index contributed by atoms with van der Waals surface area (Å²) in [6, 6.07) is 4.20. The summed E-state index contributed by atoms with van der Waals surface area (Å²) in [5.41, 5.74) is 0.409. The van der Waals surface area contributed by atoms with Gasteiger partial charge in [-0.25, -0.2) is 19.2 Å². The number of hydrogen-bond acceptors (Lipinski definition) is 5. The topological polar surface area (TPSA) is 73.3 Å². The number of nitrogens with zero attached hydrogens (tertiary/aromatic N) is 2. The van der Waals surface area contributed by atoms with Crippen LogP contribution in [0.3, 0.4) is 0 Å². The van der Waals surface area contributed by atoms with Crippen LogP contribution in [0.4, 0.5) is 14.9 Å². The molecule has 110 valence electrons. The normalized spacial score (nSPS) is 10.1. The molecule has 1 aromatic heterocycles. The van der Waals surface area contributed by atoms with Gasteiger partial charge in [0.2, 0.25) is 5.88 Å². The summed E-state index contributed by atoms with van der Waals surface area (Å²) in [6.45, 7) is 0. The highest BCUT2D eigenvalue weighted by molar-refractivity contribution is 6.31. The van der Waals surface area contributed by atoms with Crippen LogP contribution in [0.5, 0.6) is 5.88 Å². The first-order chi connectivity index (χ1) is 10.1. The second-order valence-corrected chi connectivity index (χ2v) is 4.25. The summed E-state index contributed by atoms with van der Waals surface area (Å²) < 4.78 is 23.8. The second kappa shape index (κ2) is 6.36. The first kappa shape index (κ1) is 15.0. The lowest BCUT2D eigenvalue weighted by Gasteiger charge is -2.12. The highest BCUT2D eigenvalue weighted by Crippen LogP contribution is 2.34. The van der Waals surface area contributed by atoms with Crippen LogP contribution < -0.4 is 10.1 Å². The van der Waals surface area contributed by atoms with Gasteiger partial charge >= 0.3 is 6.09 Å². The van der Waals surface area contributed by atoms with E-state index in [0.29, 0.717) is 0 Å². The smallest absolute Gasteiger partial charge is 0.411 e. The van der Waals surface area contributed by atoms with Gasteiger partial charge in [-0.3, -0.25) is 5.32 Å². The molecular weight excluding hydrogens is 301 g/mol. The molecular formula is C13H11ClFN3O3. The molecule has 0 bridgehead atoms. The fourth-order valence-electron chi connectivity index (χ4n) is 1.65. The van der Waals surface area contributed by atoms with Gasteiger partial charge in [0.1, 0.15) is 6.33 Å². The third kappa shape index (κ3) is 3.19. The van der Waals surface area contributed by atoms with Gasteiger partial charge in [-0.1, -0.05) is 11.6 Å². The predicted molar refractivity (Wildman–Crippen MR) is 75.0 cm³/mol. The van der Waals surface area contributed by atoms with Crippen molar-refractivity contribution in [3.05, 3.63) is 35.4 Å². The van der Waals surface area contributed by atoms with Crippen molar-refractivity contribution in [3.63, 3.8) is 0 Å². The van der Waals surface area contributed by atoms with E-state index in [4.69, 9.17) is 16.3 Å². The van der Waals surface area contributed by atoms with Crippen LogP contribution in [0.15, 0.2) is 24.5 Å². The van der Waals surface area contributed by atoms with Gasteiger partial charge in [-0.05, 0) is 12.1 Å². The fourth-order valence-corrected chi connectivity index (χ4v) is 1.81. The molecule has 0 saturated heterocycles. The van der Waals surface area contributed by atoms with Gasteiger partial charge < -0.3 is 9.47 Å². The molecule has 0 radical (unpaired) electrons. The van der Waals surface area contributed by atoms with E-state index in [0.717, 1.165) is 0 Å². The Hall–Kier alpha value is -2.41. The number of carbonyl (C=O) groups excluding carboxylic acids is 1. The van der Waals surface area contributed by atoms with Crippen molar-refractivity contribution in [2.45, 2.75) is 0 Å². The Morgan fingerprint density at radius 1 is 1.33 bits per heavy atom. The van der Waals surface area contributed by atoms with Gasteiger partial charge in [0, 0.05) is 6.07 Å². The maximum absolute atomic E-state index is 14.3. The standard InChI is InChI=1S/C13H11ClFN3O3/c1-20-10-5-9(16-6-17-10)11-8(18-13(19)21-2)4-3-7(14)12(11)15/h3-6H,1-2H3,(H,18,19). The molecule has 0 saturated carbocycles. The zero-order valence-electron chi connectivity index (χ0n) is 11.2. The number of rotatable bonds is 3. The third-order valence-electron chi connectivity index (χ3n) is 2.62. The van der Waals surface area contributed by atoms with Crippen molar-refractivity contribution in [1.29, 1.82) is 0 Å². The van der Waals surface area contributed by atoms with Crippen LogP contribution in [0.25, 0.3) is 11.3 Å². The quantitative estimate of drug-likeness (QED) is 0.942. The molecule has 21 heavy (non-hydrogen) atoms. The number of ether oxygens (including phenoxy) is 2. The number of hydrogen-bond donors (Lipinski definition) is 1. The molecule has 1 heterocycles. The van der Waals surface area contributed by atoms with Crippen molar-refractivity contribution < 1.29 is 18.7 Å². The summed E-state index contributed by atoms with van der Waals surface area (Å²) in [6.07, 6.45) is 0.482. The number of methoxy groups -OCH3 is 2. The van der Waals surface area contributed by atoms with Crippen molar-refractivity contribution in [1.82, 2.24) is 9.97 Å². The molecule has 1 amide bonds. The Morgan fingerprint density at radius 3 is 2.76 bits per heavy atom.